The van der Waals surface area contributed by atoms with Gasteiger partial charge in [0.2, 0.25) is 0 Å². The molecule has 3 rings (SSSR count). The minimum Gasteiger partial charge on any atom is -0.389 e. The van der Waals surface area contributed by atoms with Gasteiger partial charge in [0, 0.05) is 23.2 Å². The average Bonchev–Trinajstić information content (AvgIpc) is 2.55. The monoisotopic (exact) mass is 366 g/mol. The van der Waals surface area contributed by atoms with Gasteiger partial charge in [-0.2, -0.15) is 0 Å². The standard InChI is InChI=1S/C20H30O6/c1-9-11(21)6-7-19(5)14(9)16(24)20(26)8-12(22)10(2)13(18(20,3)4)15(23)17(19)25/h11,14-17,21,23-26H,1,6-8H2,2-5H3/t11-,14?,15-,16-,17?,19?,20?/m0/s1. The van der Waals surface area contributed by atoms with Crippen LogP contribution in [-0.4, -0.2) is 61.3 Å². The zero-order valence-electron chi connectivity index (χ0n) is 15.9. The van der Waals surface area contributed by atoms with Crippen LogP contribution in [-0.2, 0) is 4.79 Å². The predicted molar refractivity (Wildman–Crippen MR) is 95.1 cm³/mol. The first-order chi connectivity index (χ1) is 11.8. The summed E-state index contributed by atoms with van der Waals surface area (Å²) in [7, 11) is 0. The van der Waals surface area contributed by atoms with Gasteiger partial charge in [-0.1, -0.05) is 27.4 Å². The van der Waals surface area contributed by atoms with Crippen molar-refractivity contribution in [3.05, 3.63) is 23.3 Å². The molecule has 2 bridgehead atoms. The SMILES string of the molecule is C=C1C2[C@H](O)C3(O)CC(=O)C(C)=C([C@H](O)C(O)C2(C)CC[C@@H]1O)C3(C)C. The third kappa shape index (κ3) is 2.20. The van der Waals surface area contributed by atoms with E-state index >= 15 is 0 Å². The van der Waals surface area contributed by atoms with E-state index in [0.29, 0.717) is 24.0 Å². The van der Waals surface area contributed by atoms with E-state index in [2.05, 4.69) is 6.58 Å². The maximum absolute atomic E-state index is 12.6. The lowest BCUT2D eigenvalue weighted by molar-refractivity contribution is -0.215. The largest absolute Gasteiger partial charge is 0.389 e. The lowest BCUT2D eigenvalue weighted by Crippen LogP contribution is -2.69. The van der Waals surface area contributed by atoms with Crippen LogP contribution in [0.4, 0.5) is 0 Å². The molecule has 3 aliphatic rings. The minimum absolute atomic E-state index is 0.277. The van der Waals surface area contributed by atoms with Crippen LogP contribution in [0, 0.1) is 16.7 Å². The van der Waals surface area contributed by atoms with Crippen LogP contribution in [0.1, 0.15) is 47.0 Å². The third-order valence-electron chi connectivity index (χ3n) is 7.58. The summed E-state index contributed by atoms with van der Waals surface area (Å²) in [6.45, 7) is 10.6. The first-order valence-corrected chi connectivity index (χ1v) is 9.18. The molecule has 0 radical (unpaired) electrons. The number of hydrogen-bond donors (Lipinski definition) is 5. The number of fused-ring (bicyclic) bond motifs is 3. The van der Waals surface area contributed by atoms with Crippen molar-refractivity contribution in [1.29, 1.82) is 0 Å². The summed E-state index contributed by atoms with van der Waals surface area (Å²) in [6, 6.07) is 0. The van der Waals surface area contributed by atoms with Crippen LogP contribution in [0.3, 0.4) is 0 Å². The highest BCUT2D eigenvalue weighted by Crippen LogP contribution is 2.59. The molecule has 0 amide bonds. The fourth-order valence-electron chi connectivity index (χ4n) is 5.63. The summed E-state index contributed by atoms with van der Waals surface area (Å²) < 4.78 is 0. The number of ketones is 1. The molecular weight excluding hydrogens is 336 g/mol. The second-order valence-electron chi connectivity index (χ2n) is 9.14. The topological polar surface area (TPSA) is 118 Å². The summed E-state index contributed by atoms with van der Waals surface area (Å²) in [5.74, 6) is -1.22. The Morgan fingerprint density at radius 1 is 1.08 bits per heavy atom. The normalized spacial score (nSPS) is 48.7. The van der Waals surface area contributed by atoms with Crippen molar-refractivity contribution >= 4 is 5.78 Å². The van der Waals surface area contributed by atoms with Gasteiger partial charge in [-0.25, -0.2) is 0 Å². The van der Waals surface area contributed by atoms with Crippen molar-refractivity contribution in [2.45, 2.75) is 77.0 Å². The fourth-order valence-corrected chi connectivity index (χ4v) is 5.63. The molecule has 26 heavy (non-hydrogen) atoms. The van der Waals surface area contributed by atoms with Crippen molar-refractivity contribution in [1.82, 2.24) is 0 Å². The van der Waals surface area contributed by atoms with Gasteiger partial charge in [0.1, 0.15) is 11.7 Å². The summed E-state index contributed by atoms with van der Waals surface area (Å²) in [5, 5.41) is 55.2. The van der Waals surface area contributed by atoms with Gasteiger partial charge in [-0.15, -0.1) is 0 Å². The summed E-state index contributed by atoms with van der Waals surface area (Å²) in [6.07, 6.45) is -4.50. The van der Waals surface area contributed by atoms with E-state index in [-0.39, 0.29) is 17.8 Å². The first kappa shape index (κ1) is 19.7. The molecule has 0 heterocycles. The molecule has 3 aliphatic carbocycles. The van der Waals surface area contributed by atoms with E-state index in [4.69, 9.17) is 0 Å². The number of carbonyl (C=O) groups is 1. The van der Waals surface area contributed by atoms with Crippen molar-refractivity contribution in [3.63, 3.8) is 0 Å². The number of carbonyl (C=O) groups excluding carboxylic acids is 1. The van der Waals surface area contributed by atoms with Crippen LogP contribution in [0.15, 0.2) is 23.3 Å². The molecule has 0 aromatic rings. The molecule has 4 unspecified atom stereocenters. The number of aliphatic hydroxyl groups excluding tert-OH is 4. The Bertz CT molecular complexity index is 694. The highest BCUT2D eigenvalue weighted by Gasteiger charge is 2.66. The number of Topliss-reactive ketones (excluding diaryl/α,β-unsaturated/α-hetero) is 1. The van der Waals surface area contributed by atoms with Gasteiger partial charge in [0.05, 0.1) is 18.3 Å². The second kappa shape index (κ2) is 5.72. The zero-order valence-corrected chi connectivity index (χ0v) is 15.9. The molecule has 2 fully saturated rings. The molecule has 5 N–H and O–H groups in total. The summed E-state index contributed by atoms with van der Waals surface area (Å²) in [5.41, 5.74) is -3.05. The maximum atomic E-state index is 12.6. The Morgan fingerprint density at radius 3 is 2.23 bits per heavy atom. The van der Waals surface area contributed by atoms with Crippen molar-refractivity contribution in [3.8, 4) is 0 Å². The average molecular weight is 366 g/mol. The van der Waals surface area contributed by atoms with E-state index in [0.717, 1.165) is 0 Å². The first-order valence-electron chi connectivity index (χ1n) is 9.18. The van der Waals surface area contributed by atoms with Crippen LogP contribution >= 0.6 is 0 Å². The molecule has 0 aromatic carbocycles. The molecule has 0 saturated heterocycles. The Morgan fingerprint density at radius 2 is 1.65 bits per heavy atom. The van der Waals surface area contributed by atoms with Gasteiger partial charge in [-0.05, 0) is 36.5 Å². The Hall–Kier alpha value is -1.05. The van der Waals surface area contributed by atoms with Crippen molar-refractivity contribution < 1.29 is 30.3 Å². The highest BCUT2D eigenvalue weighted by atomic mass is 16.4. The summed E-state index contributed by atoms with van der Waals surface area (Å²) in [4.78, 5) is 12.6. The zero-order chi connectivity index (χ0) is 19.8. The van der Waals surface area contributed by atoms with E-state index in [9.17, 15) is 30.3 Å². The van der Waals surface area contributed by atoms with Crippen LogP contribution in [0.25, 0.3) is 0 Å². The number of rotatable bonds is 0. The van der Waals surface area contributed by atoms with E-state index < -0.39 is 46.8 Å². The molecule has 0 aromatic heterocycles. The van der Waals surface area contributed by atoms with Crippen LogP contribution in [0.2, 0.25) is 0 Å². The van der Waals surface area contributed by atoms with Crippen molar-refractivity contribution in [2.24, 2.45) is 16.7 Å². The lowest BCUT2D eigenvalue weighted by atomic mass is 9.48. The lowest BCUT2D eigenvalue weighted by Gasteiger charge is -2.61. The van der Waals surface area contributed by atoms with Gasteiger partial charge in [-0.3, -0.25) is 4.79 Å². The maximum Gasteiger partial charge on any atom is 0.161 e. The number of aliphatic hydroxyl groups is 5. The fraction of sp³-hybridized carbons (Fsp3) is 0.750. The second-order valence-corrected chi connectivity index (χ2v) is 9.14. The predicted octanol–water partition coefficient (Wildman–Crippen LogP) is 0.463. The Balaban J connectivity index is 2.31. The van der Waals surface area contributed by atoms with Crippen LogP contribution < -0.4 is 0 Å². The molecule has 0 spiro atoms. The minimum atomic E-state index is -1.84. The molecule has 7 atom stereocenters. The van der Waals surface area contributed by atoms with E-state index in [1.807, 2.05) is 0 Å². The Labute approximate surface area is 153 Å². The molecule has 146 valence electrons. The molecule has 2 saturated carbocycles. The molecule has 6 nitrogen and oxygen atoms in total. The van der Waals surface area contributed by atoms with E-state index in [1.165, 1.54) is 0 Å². The van der Waals surface area contributed by atoms with Crippen LogP contribution in [0.5, 0.6) is 0 Å². The summed E-state index contributed by atoms with van der Waals surface area (Å²) >= 11 is 0. The van der Waals surface area contributed by atoms with E-state index in [1.54, 1.807) is 27.7 Å². The van der Waals surface area contributed by atoms with Crippen molar-refractivity contribution in [2.75, 3.05) is 0 Å². The van der Waals surface area contributed by atoms with Gasteiger partial charge >= 0.3 is 0 Å². The third-order valence-corrected chi connectivity index (χ3v) is 7.58. The Kier molecular flexibility index (Phi) is 4.34. The smallest absolute Gasteiger partial charge is 0.161 e. The van der Waals surface area contributed by atoms with Gasteiger partial charge in [0.25, 0.3) is 0 Å². The highest BCUT2D eigenvalue weighted by molar-refractivity contribution is 5.98. The molecule has 0 aliphatic heterocycles. The molecule has 6 heteroatoms. The van der Waals surface area contributed by atoms with Gasteiger partial charge in [0.15, 0.2) is 5.78 Å². The quantitative estimate of drug-likeness (QED) is 0.398. The molecular formula is C20H30O6. The number of allylic oxidation sites excluding steroid dienone is 1. The number of hydrogen-bond acceptors (Lipinski definition) is 6. The van der Waals surface area contributed by atoms with Gasteiger partial charge < -0.3 is 25.5 Å².